The van der Waals surface area contributed by atoms with Crippen molar-refractivity contribution in [1.82, 2.24) is 14.3 Å². The molecule has 30 heavy (non-hydrogen) atoms. The molecule has 0 N–H and O–H groups in total. The number of ether oxygens (including phenoxy) is 3. The van der Waals surface area contributed by atoms with E-state index in [0.29, 0.717) is 12.4 Å². The molecule has 0 saturated carbocycles. The van der Waals surface area contributed by atoms with Crippen LogP contribution in [0.4, 0.5) is 0 Å². The molecule has 5 rings (SSSR count). The van der Waals surface area contributed by atoms with E-state index in [1.807, 2.05) is 53.1 Å². The second-order valence-electron chi connectivity index (χ2n) is 7.56. The van der Waals surface area contributed by atoms with Crippen molar-refractivity contribution in [2.45, 2.75) is 6.42 Å². The third kappa shape index (κ3) is 3.97. The zero-order valence-corrected chi connectivity index (χ0v) is 16.9. The molecule has 0 amide bonds. The molecule has 0 spiro atoms. The number of nitrogens with zero attached hydrogens (tertiary/aromatic N) is 3. The molecule has 6 nitrogen and oxygen atoms in total. The first-order chi connectivity index (χ1) is 14.8. The third-order valence-electron chi connectivity index (χ3n) is 5.49. The highest BCUT2D eigenvalue weighted by Crippen LogP contribution is 2.38. The maximum Gasteiger partial charge on any atom is 0.153 e. The van der Waals surface area contributed by atoms with Gasteiger partial charge in [-0.15, -0.1) is 0 Å². The predicted octanol–water partition coefficient (Wildman–Crippen LogP) is 3.88. The van der Waals surface area contributed by atoms with Gasteiger partial charge in [0.15, 0.2) is 5.76 Å². The largest absolute Gasteiger partial charge is 0.493 e. The molecule has 2 aromatic heterocycles. The van der Waals surface area contributed by atoms with Crippen LogP contribution < -0.4 is 9.47 Å². The van der Waals surface area contributed by atoms with E-state index in [4.69, 9.17) is 14.2 Å². The summed E-state index contributed by atoms with van der Waals surface area (Å²) in [4.78, 5) is 6.94. The van der Waals surface area contributed by atoms with Crippen LogP contribution in [-0.4, -0.2) is 53.7 Å². The number of allylic oxidation sites excluding steroid dienone is 2. The molecule has 2 aliphatic heterocycles. The normalized spacial score (nSPS) is 16.8. The summed E-state index contributed by atoms with van der Waals surface area (Å²) in [6, 6.07) is 12.0. The average molecular weight is 403 g/mol. The Morgan fingerprint density at radius 1 is 1.13 bits per heavy atom. The van der Waals surface area contributed by atoms with Gasteiger partial charge in [0.25, 0.3) is 0 Å². The molecule has 3 aromatic rings. The Bertz CT molecular complexity index is 1100. The summed E-state index contributed by atoms with van der Waals surface area (Å²) in [5.74, 6) is 2.25. The summed E-state index contributed by atoms with van der Waals surface area (Å²) < 4.78 is 19.5. The van der Waals surface area contributed by atoms with Crippen molar-refractivity contribution in [2.75, 3.05) is 39.5 Å². The van der Waals surface area contributed by atoms with Crippen LogP contribution >= 0.6 is 0 Å². The minimum atomic E-state index is 0.673. The van der Waals surface area contributed by atoms with E-state index in [0.717, 1.165) is 73.1 Å². The minimum absolute atomic E-state index is 0.673. The predicted molar refractivity (Wildman–Crippen MR) is 117 cm³/mol. The fraction of sp³-hybridized carbons (Fsp3) is 0.292. The molecule has 1 saturated heterocycles. The monoisotopic (exact) mass is 403 g/mol. The molecule has 4 heterocycles. The van der Waals surface area contributed by atoms with E-state index in [9.17, 15) is 0 Å². The number of benzene rings is 1. The first-order valence-electron chi connectivity index (χ1n) is 10.4. The van der Waals surface area contributed by atoms with Crippen molar-refractivity contribution in [2.24, 2.45) is 0 Å². The van der Waals surface area contributed by atoms with Crippen molar-refractivity contribution in [3.8, 4) is 11.5 Å². The first kappa shape index (κ1) is 18.9. The van der Waals surface area contributed by atoms with E-state index in [-0.39, 0.29) is 0 Å². The minimum Gasteiger partial charge on any atom is -0.493 e. The molecule has 2 aliphatic rings. The highest BCUT2D eigenvalue weighted by atomic mass is 16.5. The van der Waals surface area contributed by atoms with Crippen molar-refractivity contribution in [1.29, 1.82) is 0 Å². The summed E-state index contributed by atoms with van der Waals surface area (Å²) in [6.45, 7) is 9.57. The lowest BCUT2D eigenvalue weighted by Gasteiger charge is -2.26. The molecule has 1 aromatic carbocycles. The highest BCUT2D eigenvalue weighted by Gasteiger charge is 2.19. The fourth-order valence-corrected chi connectivity index (χ4v) is 3.83. The Morgan fingerprint density at radius 2 is 2.03 bits per heavy atom. The van der Waals surface area contributed by atoms with Gasteiger partial charge in [0.05, 0.1) is 26.1 Å². The van der Waals surface area contributed by atoms with Crippen LogP contribution in [0.25, 0.3) is 16.8 Å². The van der Waals surface area contributed by atoms with Gasteiger partial charge >= 0.3 is 0 Å². The molecular formula is C24H25N3O3. The fourth-order valence-electron chi connectivity index (χ4n) is 3.83. The number of hydrogen-bond acceptors (Lipinski definition) is 5. The Labute approximate surface area is 176 Å². The standard InChI is InChI=1S/C24H25N3O3/c1-18-14-24(22-15-19-4-2-8-27(19)17-25-22)30-23-16-20(5-6-21(18)23)29-11-3-7-26-9-12-28-13-10-26/h2,4-6,8,14-17H,1,3,7,9-13H2. The summed E-state index contributed by atoms with van der Waals surface area (Å²) in [7, 11) is 0. The van der Waals surface area contributed by atoms with Gasteiger partial charge in [-0.25, -0.2) is 4.98 Å². The smallest absolute Gasteiger partial charge is 0.153 e. The number of hydrogen-bond donors (Lipinski definition) is 0. The van der Waals surface area contributed by atoms with Crippen molar-refractivity contribution < 1.29 is 14.2 Å². The quantitative estimate of drug-likeness (QED) is 0.585. The lowest BCUT2D eigenvalue weighted by atomic mass is 10.0. The van der Waals surface area contributed by atoms with Gasteiger partial charge in [-0.2, -0.15) is 0 Å². The summed E-state index contributed by atoms with van der Waals surface area (Å²) in [5, 5.41) is 0. The highest BCUT2D eigenvalue weighted by molar-refractivity contribution is 5.87. The van der Waals surface area contributed by atoms with Crippen LogP contribution in [0.1, 0.15) is 17.7 Å². The molecule has 1 fully saturated rings. The summed E-state index contributed by atoms with van der Waals surface area (Å²) in [5.41, 5.74) is 3.73. The topological polar surface area (TPSA) is 48.2 Å². The second kappa shape index (κ2) is 8.34. The second-order valence-corrected chi connectivity index (χ2v) is 7.56. The number of morpholine rings is 1. The van der Waals surface area contributed by atoms with Gasteiger partial charge < -0.3 is 18.6 Å². The van der Waals surface area contributed by atoms with Gasteiger partial charge in [0.2, 0.25) is 0 Å². The van der Waals surface area contributed by atoms with E-state index in [1.54, 1.807) is 6.33 Å². The van der Waals surface area contributed by atoms with E-state index in [1.165, 1.54) is 0 Å². The van der Waals surface area contributed by atoms with Crippen molar-refractivity contribution >= 4 is 16.8 Å². The lowest BCUT2D eigenvalue weighted by Crippen LogP contribution is -2.37. The van der Waals surface area contributed by atoms with E-state index >= 15 is 0 Å². The molecule has 0 radical (unpaired) electrons. The van der Waals surface area contributed by atoms with Crippen LogP contribution in [0.15, 0.2) is 61.6 Å². The van der Waals surface area contributed by atoms with Crippen molar-refractivity contribution in [3.05, 3.63) is 72.8 Å². The molecular weight excluding hydrogens is 378 g/mol. The zero-order valence-electron chi connectivity index (χ0n) is 16.9. The number of aromatic nitrogens is 2. The van der Waals surface area contributed by atoms with Crippen LogP contribution in [0, 0.1) is 0 Å². The van der Waals surface area contributed by atoms with Crippen LogP contribution in [0.5, 0.6) is 11.5 Å². The van der Waals surface area contributed by atoms with Gasteiger partial charge in [0.1, 0.15) is 17.2 Å². The van der Waals surface area contributed by atoms with E-state index < -0.39 is 0 Å². The first-order valence-corrected chi connectivity index (χ1v) is 10.4. The number of rotatable bonds is 6. The lowest BCUT2D eigenvalue weighted by molar-refractivity contribution is 0.0358. The maximum absolute atomic E-state index is 6.18. The van der Waals surface area contributed by atoms with Gasteiger partial charge in [-0.3, -0.25) is 4.90 Å². The van der Waals surface area contributed by atoms with Crippen LogP contribution in [-0.2, 0) is 4.74 Å². The Morgan fingerprint density at radius 3 is 2.93 bits per heavy atom. The average Bonchev–Trinajstić information content (AvgIpc) is 3.25. The van der Waals surface area contributed by atoms with Crippen molar-refractivity contribution in [3.63, 3.8) is 0 Å². The Balaban J connectivity index is 1.25. The third-order valence-corrected chi connectivity index (χ3v) is 5.49. The molecule has 154 valence electrons. The molecule has 0 aliphatic carbocycles. The van der Waals surface area contributed by atoms with Crippen LogP contribution in [0.3, 0.4) is 0 Å². The number of fused-ring (bicyclic) bond motifs is 2. The van der Waals surface area contributed by atoms with Gasteiger partial charge in [-0.1, -0.05) is 6.58 Å². The summed E-state index contributed by atoms with van der Waals surface area (Å²) in [6.07, 6.45) is 6.68. The van der Waals surface area contributed by atoms with Gasteiger partial charge in [0, 0.05) is 43.0 Å². The van der Waals surface area contributed by atoms with E-state index in [2.05, 4.69) is 16.5 Å². The van der Waals surface area contributed by atoms with Gasteiger partial charge in [-0.05, 0) is 48.4 Å². The van der Waals surface area contributed by atoms with Crippen LogP contribution in [0.2, 0.25) is 0 Å². The summed E-state index contributed by atoms with van der Waals surface area (Å²) >= 11 is 0. The molecule has 0 atom stereocenters. The zero-order chi connectivity index (χ0) is 20.3. The molecule has 0 bridgehead atoms. The SMILES string of the molecule is C=C1C=C(c2cc3cccn3cn2)Oc2cc(OCCCN3CCOCC3)ccc21. The molecule has 0 unspecified atom stereocenters. The Kier molecular flexibility index (Phi) is 5.26. The molecule has 6 heteroatoms. The Hall–Kier alpha value is -3.09. The maximum atomic E-state index is 6.18.